The molecular formula is C21H26N4O3. The lowest BCUT2D eigenvalue weighted by Crippen LogP contribution is -2.52. The summed E-state index contributed by atoms with van der Waals surface area (Å²) in [5.74, 6) is 0.613. The standard InChI is InChI=1S/C21H26N4O3/c1-15-4-3-5-19(24-15)28-17-6-11-27-21(12-17)7-9-25(10-8-21)20(26)18-14-22-16(2)13-23-18/h3-5,13-14,17H,6-12H2,1-2H3. The van der Waals surface area contributed by atoms with Crippen molar-refractivity contribution in [1.29, 1.82) is 0 Å². The van der Waals surface area contributed by atoms with Gasteiger partial charge >= 0.3 is 0 Å². The summed E-state index contributed by atoms with van der Waals surface area (Å²) in [7, 11) is 0. The molecule has 148 valence electrons. The molecule has 4 heterocycles. The molecule has 0 aliphatic carbocycles. The van der Waals surface area contributed by atoms with Crippen LogP contribution in [0.4, 0.5) is 0 Å². The summed E-state index contributed by atoms with van der Waals surface area (Å²) in [5, 5.41) is 0. The van der Waals surface area contributed by atoms with Crippen LogP contribution >= 0.6 is 0 Å². The summed E-state index contributed by atoms with van der Waals surface area (Å²) >= 11 is 0. The number of hydrogen-bond acceptors (Lipinski definition) is 6. The maximum atomic E-state index is 12.7. The lowest BCUT2D eigenvalue weighted by Gasteiger charge is -2.45. The molecule has 0 N–H and O–H groups in total. The molecule has 7 nitrogen and oxygen atoms in total. The molecule has 2 aliphatic rings. The van der Waals surface area contributed by atoms with Crippen LogP contribution < -0.4 is 4.74 Å². The highest BCUT2D eigenvalue weighted by Gasteiger charge is 2.42. The lowest BCUT2D eigenvalue weighted by molar-refractivity contribution is -0.135. The average Bonchev–Trinajstić information content (AvgIpc) is 2.69. The number of rotatable bonds is 3. The van der Waals surface area contributed by atoms with Crippen LogP contribution in [-0.2, 0) is 4.74 Å². The molecule has 7 heteroatoms. The SMILES string of the molecule is Cc1cnc(C(=O)N2CCC3(CC2)CC(Oc2cccc(C)n2)CCO3)cn1. The Morgan fingerprint density at radius 2 is 2.00 bits per heavy atom. The van der Waals surface area contributed by atoms with Crippen LogP contribution in [0.5, 0.6) is 5.88 Å². The van der Waals surface area contributed by atoms with Crippen molar-refractivity contribution in [2.45, 2.75) is 51.2 Å². The molecule has 2 aromatic heterocycles. The largest absolute Gasteiger partial charge is 0.474 e. The normalized spacial score (nSPS) is 21.5. The monoisotopic (exact) mass is 382 g/mol. The highest BCUT2D eigenvalue weighted by atomic mass is 16.5. The molecular weight excluding hydrogens is 356 g/mol. The summed E-state index contributed by atoms with van der Waals surface area (Å²) in [6.45, 7) is 5.81. The number of nitrogens with zero attached hydrogens (tertiary/aromatic N) is 4. The number of aromatic nitrogens is 3. The molecule has 2 saturated heterocycles. The van der Waals surface area contributed by atoms with Crippen molar-refractivity contribution in [3.05, 3.63) is 47.7 Å². The number of pyridine rings is 1. The molecule has 1 amide bonds. The van der Waals surface area contributed by atoms with E-state index in [0.717, 1.165) is 37.1 Å². The van der Waals surface area contributed by atoms with Gasteiger partial charge in [0, 0.05) is 43.9 Å². The summed E-state index contributed by atoms with van der Waals surface area (Å²) in [6.07, 6.45) is 6.57. The molecule has 2 aliphatic heterocycles. The first kappa shape index (κ1) is 18.8. The van der Waals surface area contributed by atoms with Crippen molar-refractivity contribution < 1.29 is 14.3 Å². The van der Waals surface area contributed by atoms with E-state index in [4.69, 9.17) is 9.47 Å². The predicted molar refractivity (Wildman–Crippen MR) is 103 cm³/mol. The zero-order valence-electron chi connectivity index (χ0n) is 16.4. The van der Waals surface area contributed by atoms with Gasteiger partial charge in [-0.1, -0.05) is 6.07 Å². The van der Waals surface area contributed by atoms with E-state index in [0.29, 0.717) is 31.3 Å². The van der Waals surface area contributed by atoms with Gasteiger partial charge in [0.15, 0.2) is 0 Å². The third kappa shape index (κ3) is 4.14. The summed E-state index contributed by atoms with van der Waals surface area (Å²) in [4.78, 5) is 27.4. The summed E-state index contributed by atoms with van der Waals surface area (Å²) < 4.78 is 12.3. The minimum absolute atomic E-state index is 0.0603. The van der Waals surface area contributed by atoms with Gasteiger partial charge in [-0.05, 0) is 32.8 Å². The van der Waals surface area contributed by atoms with Crippen molar-refractivity contribution in [2.24, 2.45) is 0 Å². The maximum Gasteiger partial charge on any atom is 0.274 e. The van der Waals surface area contributed by atoms with E-state index in [1.54, 1.807) is 12.4 Å². The number of piperidine rings is 1. The van der Waals surface area contributed by atoms with E-state index in [1.807, 2.05) is 36.9 Å². The first-order chi connectivity index (χ1) is 13.5. The first-order valence-corrected chi connectivity index (χ1v) is 9.85. The molecule has 4 rings (SSSR count). The Hall–Kier alpha value is -2.54. The van der Waals surface area contributed by atoms with Crippen LogP contribution in [0, 0.1) is 13.8 Å². The summed E-state index contributed by atoms with van der Waals surface area (Å²) in [5.41, 5.74) is 1.93. The Kier molecular flexibility index (Phi) is 5.26. The molecule has 2 aromatic rings. The van der Waals surface area contributed by atoms with Gasteiger partial charge < -0.3 is 14.4 Å². The Morgan fingerprint density at radius 1 is 1.18 bits per heavy atom. The first-order valence-electron chi connectivity index (χ1n) is 9.85. The van der Waals surface area contributed by atoms with Crippen LogP contribution in [0.15, 0.2) is 30.6 Å². The highest BCUT2D eigenvalue weighted by molar-refractivity contribution is 5.92. The second-order valence-electron chi connectivity index (χ2n) is 7.72. The van der Waals surface area contributed by atoms with Crippen molar-refractivity contribution in [2.75, 3.05) is 19.7 Å². The van der Waals surface area contributed by atoms with E-state index in [1.165, 1.54) is 0 Å². The second kappa shape index (κ2) is 7.83. The fraction of sp³-hybridized carbons (Fsp3) is 0.524. The Balaban J connectivity index is 1.36. The number of amides is 1. The van der Waals surface area contributed by atoms with E-state index in [9.17, 15) is 4.79 Å². The van der Waals surface area contributed by atoms with E-state index >= 15 is 0 Å². The topological polar surface area (TPSA) is 77.4 Å². The third-order valence-corrected chi connectivity index (χ3v) is 5.56. The number of carbonyl (C=O) groups is 1. The Morgan fingerprint density at radius 3 is 2.71 bits per heavy atom. The van der Waals surface area contributed by atoms with E-state index < -0.39 is 0 Å². The molecule has 1 spiro atoms. The average molecular weight is 382 g/mol. The van der Waals surface area contributed by atoms with Crippen LogP contribution in [0.1, 0.15) is 47.6 Å². The van der Waals surface area contributed by atoms with Crippen LogP contribution in [0.25, 0.3) is 0 Å². The minimum Gasteiger partial charge on any atom is -0.474 e. The molecule has 0 aromatic carbocycles. The van der Waals surface area contributed by atoms with Gasteiger partial charge in [0.2, 0.25) is 5.88 Å². The number of likely N-dealkylation sites (tertiary alicyclic amines) is 1. The van der Waals surface area contributed by atoms with Crippen molar-refractivity contribution in [3.63, 3.8) is 0 Å². The van der Waals surface area contributed by atoms with Gasteiger partial charge in [-0.15, -0.1) is 0 Å². The highest BCUT2D eigenvalue weighted by Crippen LogP contribution is 2.36. The molecule has 0 bridgehead atoms. The van der Waals surface area contributed by atoms with Gasteiger partial charge in [-0.2, -0.15) is 0 Å². The molecule has 2 fully saturated rings. The zero-order chi connectivity index (χ0) is 19.6. The van der Waals surface area contributed by atoms with Crippen molar-refractivity contribution >= 4 is 5.91 Å². The number of aryl methyl sites for hydroxylation is 2. The summed E-state index contributed by atoms with van der Waals surface area (Å²) in [6, 6.07) is 5.83. The molecule has 0 saturated carbocycles. The fourth-order valence-electron chi connectivity index (χ4n) is 3.97. The van der Waals surface area contributed by atoms with Crippen LogP contribution in [0.3, 0.4) is 0 Å². The van der Waals surface area contributed by atoms with Gasteiger partial charge in [0.25, 0.3) is 5.91 Å². The Bertz CT molecular complexity index is 832. The molecule has 28 heavy (non-hydrogen) atoms. The quantitative estimate of drug-likeness (QED) is 0.812. The molecule has 0 radical (unpaired) electrons. The Labute approximate surface area is 165 Å². The maximum absolute atomic E-state index is 12.7. The van der Waals surface area contributed by atoms with Crippen LogP contribution in [-0.4, -0.2) is 57.2 Å². The van der Waals surface area contributed by atoms with Gasteiger partial charge in [0.05, 0.1) is 24.1 Å². The van der Waals surface area contributed by atoms with Gasteiger partial charge in [-0.25, -0.2) is 9.97 Å². The number of ether oxygens (including phenoxy) is 2. The van der Waals surface area contributed by atoms with Crippen molar-refractivity contribution in [1.82, 2.24) is 19.9 Å². The molecule has 1 atom stereocenters. The van der Waals surface area contributed by atoms with Gasteiger partial charge in [-0.3, -0.25) is 9.78 Å². The van der Waals surface area contributed by atoms with E-state index in [-0.39, 0.29) is 17.6 Å². The van der Waals surface area contributed by atoms with E-state index in [2.05, 4.69) is 15.0 Å². The third-order valence-electron chi connectivity index (χ3n) is 5.56. The second-order valence-corrected chi connectivity index (χ2v) is 7.72. The van der Waals surface area contributed by atoms with Crippen molar-refractivity contribution in [3.8, 4) is 5.88 Å². The van der Waals surface area contributed by atoms with Crippen LogP contribution in [0.2, 0.25) is 0 Å². The zero-order valence-corrected chi connectivity index (χ0v) is 16.4. The fourth-order valence-corrected chi connectivity index (χ4v) is 3.97. The lowest BCUT2D eigenvalue weighted by atomic mass is 9.83. The minimum atomic E-state index is -0.220. The van der Waals surface area contributed by atoms with Gasteiger partial charge in [0.1, 0.15) is 11.8 Å². The predicted octanol–water partition coefficient (Wildman–Crippen LogP) is 2.72. The number of carbonyl (C=O) groups excluding carboxylic acids is 1. The number of hydrogen-bond donors (Lipinski definition) is 0. The molecule has 1 unspecified atom stereocenters. The smallest absolute Gasteiger partial charge is 0.274 e.